The van der Waals surface area contributed by atoms with Crippen LogP contribution in [-0.2, 0) is 10.8 Å². The van der Waals surface area contributed by atoms with Gasteiger partial charge in [-0.3, -0.25) is 0 Å². The molecule has 1 spiro atoms. The molecule has 0 radical (unpaired) electrons. The fourth-order valence-corrected chi connectivity index (χ4v) is 10.8. The number of nitrogens with zero attached hydrogens (tertiary/aromatic N) is 3. The highest BCUT2D eigenvalue weighted by Crippen LogP contribution is 2.64. The van der Waals surface area contributed by atoms with Gasteiger partial charge in [-0.25, -0.2) is 15.0 Å². The quantitative estimate of drug-likeness (QED) is 0.177. The van der Waals surface area contributed by atoms with Crippen molar-refractivity contribution in [3.63, 3.8) is 0 Å². The van der Waals surface area contributed by atoms with Crippen LogP contribution in [-0.4, -0.2) is 15.0 Å². The van der Waals surface area contributed by atoms with Crippen molar-refractivity contribution in [3.05, 3.63) is 192 Å². The largest absolute Gasteiger partial charge is 0.208 e. The Bertz CT molecular complexity index is 2680. The molecule has 3 heteroatoms. The molecule has 2 unspecified atom stereocenters. The molecular weight excluding hydrogens is 691 g/mol. The van der Waals surface area contributed by atoms with Crippen LogP contribution in [0.5, 0.6) is 0 Å². The Kier molecular flexibility index (Phi) is 7.90. The van der Waals surface area contributed by atoms with Gasteiger partial charge in [-0.2, -0.15) is 0 Å². The summed E-state index contributed by atoms with van der Waals surface area (Å²) in [6.07, 6.45) is 11.9. The molecule has 0 aliphatic heterocycles. The van der Waals surface area contributed by atoms with E-state index in [-0.39, 0.29) is 10.8 Å². The molecule has 1 heterocycles. The second kappa shape index (κ2) is 13.2. The normalized spacial score (nSPS) is 19.5. The maximum atomic E-state index is 5.00. The molecule has 3 nitrogen and oxygen atoms in total. The zero-order valence-corrected chi connectivity index (χ0v) is 32.6. The summed E-state index contributed by atoms with van der Waals surface area (Å²) < 4.78 is 0. The van der Waals surface area contributed by atoms with Gasteiger partial charge < -0.3 is 0 Å². The average Bonchev–Trinajstić information content (AvgIpc) is 3.67. The second-order valence-corrected chi connectivity index (χ2v) is 17.1. The lowest BCUT2D eigenvalue weighted by atomic mass is 9.64. The van der Waals surface area contributed by atoms with E-state index in [9.17, 15) is 0 Å². The first kappa shape index (κ1) is 34.1. The number of benzene rings is 6. The molecule has 4 aliphatic rings. The lowest BCUT2D eigenvalue weighted by molar-refractivity contribution is 0.345. The lowest BCUT2D eigenvalue weighted by Gasteiger charge is -2.39. The van der Waals surface area contributed by atoms with Gasteiger partial charge in [0.1, 0.15) is 0 Å². The predicted octanol–water partition coefficient (Wildman–Crippen LogP) is 13.4. The van der Waals surface area contributed by atoms with Gasteiger partial charge in [-0.15, -0.1) is 0 Å². The highest BCUT2D eigenvalue weighted by atomic mass is 15.0. The van der Waals surface area contributed by atoms with Crippen LogP contribution in [0.15, 0.2) is 169 Å². The maximum Gasteiger partial charge on any atom is 0.164 e. The van der Waals surface area contributed by atoms with E-state index in [1.54, 1.807) is 11.1 Å². The standard InChI is InChI=1S/C54H45N3/c1-53(2)45-24-11-10-22-42(45)43-33-48-44(34-47(43)53)49-41(23-15-25-46(49)54(48)30-12-5-13-31-54)36-28-26-35(27-29-36)39-20-14-21-40(32-39)52-56-50(37-16-6-3-7-17-37)55-51(57-52)38-18-8-4-9-19-38/h3-4,6-11,14-29,32-34,43,47H,5,12-13,30-31H2,1-2H3. The fourth-order valence-electron chi connectivity index (χ4n) is 10.8. The van der Waals surface area contributed by atoms with Crippen LogP contribution in [0, 0.1) is 5.92 Å². The fraction of sp³-hybridized carbons (Fsp3) is 0.204. The Labute approximate surface area is 336 Å². The predicted molar refractivity (Wildman–Crippen MR) is 234 cm³/mol. The lowest BCUT2D eigenvalue weighted by Crippen LogP contribution is -2.31. The van der Waals surface area contributed by atoms with Gasteiger partial charge in [0.05, 0.1) is 0 Å². The van der Waals surface area contributed by atoms with Crippen molar-refractivity contribution in [2.45, 2.75) is 62.7 Å². The van der Waals surface area contributed by atoms with Gasteiger partial charge in [0, 0.05) is 28.0 Å². The first-order valence-corrected chi connectivity index (χ1v) is 20.7. The van der Waals surface area contributed by atoms with Crippen LogP contribution in [0.2, 0.25) is 0 Å². The van der Waals surface area contributed by atoms with Crippen LogP contribution in [0.4, 0.5) is 0 Å². The zero-order valence-electron chi connectivity index (χ0n) is 32.6. The Morgan fingerprint density at radius 3 is 1.74 bits per heavy atom. The minimum Gasteiger partial charge on any atom is -0.208 e. The number of rotatable bonds is 5. The smallest absolute Gasteiger partial charge is 0.164 e. The van der Waals surface area contributed by atoms with Crippen molar-refractivity contribution in [1.29, 1.82) is 0 Å². The molecule has 2 atom stereocenters. The van der Waals surface area contributed by atoms with E-state index in [0.29, 0.717) is 29.3 Å². The third-order valence-corrected chi connectivity index (χ3v) is 13.6. The second-order valence-electron chi connectivity index (χ2n) is 17.1. The zero-order chi connectivity index (χ0) is 38.1. The first-order chi connectivity index (χ1) is 28.0. The maximum absolute atomic E-state index is 5.00. The molecule has 57 heavy (non-hydrogen) atoms. The highest BCUT2D eigenvalue weighted by Gasteiger charge is 2.52. The summed E-state index contributed by atoms with van der Waals surface area (Å²) in [5, 5.41) is 0. The van der Waals surface area contributed by atoms with E-state index in [1.165, 1.54) is 71.1 Å². The molecule has 0 bridgehead atoms. The molecule has 7 aromatic rings. The van der Waals surface area contributed by atoms with Crippen molar-refractivity contribution >= 4 is 5.57 Å². The highest BCUT2D eigenvalue weighted by molar-refractivity contribution is 5.98. The number of aromatic nitrogens is 3. The number of allylic oxidation sites excluding steroid dienone is 4. The Hall–Kier alpha value is -6.19. The third kappa shape index (κ3) is 5.43. The molecule has 276 valence electrons. The molecule has 4 aliphatic carbocycles. The summed E-state index contributed by atoms with van der Waals surface area (Å²) in [5.74, 6) is 2.89. The van der Waals surface area contributed by atoms with Crippen LogP contribution >= 0.6 is 0 Å². The van der Waals surface area contributed by atoms with Crippen LogP contribution < -0.4 is 0 Å². The average molecular weight is 736 g/mol. The van der Waals surface area contributed by atoms with Crippen molar-refractivity contribution in [2.75, 3.05) is 0 Å². The summed E-state index contributed by atoms with van der Waals surface area (Å²) in [7, 11) is 0. The third-order valence-electron chi connectivity index (χ3n) is 13.6. The van der Waals surface area contributed by atoms with Crippen molar-refractivity contribution < 1.29 is 0 Å². The minimum absolute atomic E-state index is 0.0808. The summed E-state index contributed by atoms with van der Waals surface area (Å²) >= 11 is 0. The summed E-state index contributed by atoms with van der Waals surface area (Å²) in [6, 6.07) is 54.6. The summed E-state index contributed by atoms with van der Waals surface area (Å²) in [5.41, 5.74) is 17.2. The molecule has 0 saturated heterocycles. The number of fused-ring (bicyclic) bond motifs is 8. The van der Waals surface area contributed by atoms with Gasteiger partial charge in [-0.05, 0) is 85.9 Å². The molecule has 1 fully saturated rings. The van der Waals surface area contributed by atoms with E-state index in [2.05, 4.69) is 141 Å². The molecule has 11 rings (SSSR count). The molecule has 6 aromatic carbocycles. The first-order valence-electron chi connectivity index (χ1n) is 20.7. The van der Waals surface area contributed by atoms with Gasteiger partial charge in [0.15, 0.2) is 17.5 Å². The van der Waals surface area contributed by atoms with Gasteiger partial charge in [0.25, 0.3) is 0 Å². The molecule has 0 amide bonds. The van der Waals surface area contributed by atoms with Crippen molar-refractivity contribution in [1.82, 2.24) is 15.0 Å². The molecular formula is C54H45N3. The van der Waals surface area contributed by atoms with E-state index >= 15 is 0 Å². The van der Waals surface area contributed by atoms with Crippen molar-refractivity contribution in [3.8, 4) is 56.4 Å². The van der Waals surface area contributed by atoms with E-state index in [0.717, 1.165) is 22.3 Å². The van der Waals surface area contributed by atoms with Crippen LogP contribution in [0.3, 0.4) is 0 Å². The van der Waals surface area contributed by atoms with Gasteiger partial charge in [0.2, 0.25) is 0 Å². The van der Waals surface area contributed by atoms with Crippen LogP contribution in [0.1, 0.15) is 74.1 Å². The Morgan fingerprint density at radius 2 is 1.04 bits per heavy atom. The summed E-state index contributed by atoms with van der Waals surface area (Å²) in [4.78, 5) is 14.9. The van der Waals surface area contributed by atoms with E-state index < -0.39 is 0 Å². The van der Waals surface area contributed by atoms with Crippen LogP contribution in [0.25, 0.3) is 62.0 Å². The SMILES string of the molecule is CC1(C)c2ccccc2C2C=C3C(=CC21)c1c(-c2ccc(-c4cccc(-c5nc(-c6ccccc6)nc(-c6ccccc6)n5)c4)cc2)cccc1C31CCCCC1. The van der Waals surface area contributed by atoms with E-state index in [1.807, 2.05) is 36.4 Å². The topological polar surface area (TPSA) is 38.7 Å². The van der Waals surface area contributed by atoms with E-state index in [4.69, 9.17) is 15.0 Å². The minimum atomic E-state index is 0.0808. The molecule has 1 saturated carbocycles. The monoisotopic (exact) mass is 735 g/mol. The number of hydrogen-bond acceptors (Lipinski definition) is 3. The Morgan fingerprint density at radius 1 is 0.474 bits per heavy atom. The Balaban J connectivity index is 0.977. The molecule has 1 aromatic heterocycles. The molecule has 0 N–H and O–H groups in total. The van der Waals surface area contributed by atoms with Gasteiger partial charge >= 0.3 is 0 Å². The van der Waals surface area contributed by atoms with Crippen molar-refractivity contribution in [2.24, 2.45) is 5.92 Å². The van der Waals surface area contributed by atoms with Gasteiger partial charge in [-0.1, -0.05) is 191 Å². The number of hydrogen-bond donors (Lipinski definition) is 0. The summed E-state index contributed by atoms with van der Waals surface area (Å²) in [6.45, 7) is 4.92.